The Kier molecular flexibility index (Phi) is 9.14. The minimum absolute atomic E-state index is 0.219. The van der Waals surface area contributed by atoms with E-state index in [1.165, 1.54) is 6.21 Å². The van der Waals surface area contributed by atoms with Crippen molar-refractivity contribution < 1.29 is 19.1 Å². The molecule has 0 aromatic heterocycles. The van der Waals surface area contributed by atoms with Crippen LogP contribution in [0.4, 0.5) is 5.69 Å². The molecule has 35 heavy (non-hydrogen) atoms. The summed E-state index contributed by atoms with van der Waals surface area (Å²) in [6, 6.07) is 21.5. The third kappa shape index (κ3) is 7.79. The molecular weight excluding hydrogens is 512 g/mol. The van der Waals surface area contributed by atoms with Gasteiger partial charge < -0.3 is 15.4 Å². The highest BCUT2D eigenvalue weighted by Gasteiger charge is 2.16. The summed E-state index contributed by atoms with van der Waals surface area (Å²) in [6.45, 7) is 3.46. The first kappa shape index (κ1) is 25.6. The standard InChI is InChI=1S/C26H25BrN4O4/c1-17-8-6-7-11-22(17)30-24(32)16-35-23-13-12-21(27)14-20(23)15-28-31-26(34)25(33)29-18(2)19-9-4-3-5-10-19/h3-15,18H,16H2,1-2H3,(H,29,33)(H,30,32)(H,31,34)/b28-15-/t18-/m1/s1. The minimum atomic E-state index is -0.904. The largest absolute Gasteiger partial charge is 0.483 e. The lowest BCUT2D eigenvalue weighted by molar-refractivity contribution is -0.139. The first-order valence-electron chi connectivity index (χ1n) is 10.8. The molecule has 3 N–H and O–H groups in total. The summed E-state index contributed by atoms with van der Waals surface area (Å²) >= 11 is 3.37. The van der Waals surface area contributed by atoms with E-state index in [1.54, 1.807) is 25.1 Å². The van der Waals surface area contributed by atoms with Crippen LogP contribution in [0, 0.1) is 6.92 Å². The molecule has 3 amide bonds. The Morgan fingerprint density at radius 1 is 1.00 bits per heavy atom. The van der Waals surface area contributed by atoms with E-state index < -0.39 is 11.8 Å². The second-order valence-corrected chi connectivity index (χ2v) is 8.55. The third-order valence-corrected chi connectivity index (χ3v) is 5.47. The Morgan fingerprint density at radius 2 is 1.71 bits per heavy atom. The number of carbonyl (C=O) groups excluding carboxylic acids is 3. The number of anilines is 1. The summed E-state index contributed by atoms with van der Waals surface area (Å²) in [7, 11) is 0. The molecule has 9 heteroatoms. The van der Waals surface area contributed by atoms with Crippen LogP contribution in [0.25, 0.3) is 0 Å². The van der Waals surface area contributed by atoms with E-state index in [4.69, 9.17) is 4.74 Å². The number of carbonyl (C=O) groups is 3. The molecular formula is C26H25BrN4O4. The smallest absolute Gasteiger partial charge is 0.329 e. The van der Waals surface area contributed by atoms with E-state index in [0.717, 1.165) is 15.6 Å². The maximum atomic E-state index is 12.3. The molecule has 0 bridgehead atoms. The zero-order valence-corrected chi connectivity index (χ0v) is 20.8. The average Bonchev–Trinajstić information content (AvgIpc) is 2.85. The van der Waals surface area contributed by atoms with Gasteiger partial charge in [-0.25, -0.2) is 5.43 Å². The fourth-order valence-corrected chi connectivity index (χ4v) is 3.47. The number of hydrazone groups is 1. The van der Waals surface area contributed by atoms with Crippen molar-refractivity contribution >= 4 is 45.6 Å². The molecule has 3 rings (SSSR count). The molecule has 0 saturated carbocycles. The zero-order valence-electron chi connectivity index (χ0n) is 19.2. The normalized spacial score (nSPS) is 11.5. The lowest BCUT2D eigenvalue weighted by Crippen LogP contribution is -2.39. The number of nitrogens with one attached hydrogen (secondary N) is 3. The molecule has 0 aliphatic heterocycles. The van der Waals surface area contributed by atoms with Crippen LogP contribution >= 0.6 is 15.9 Å². The Hall–Kier alpha value is -3.98. The van der Waals surface area contributed by atoms with E-state index in [-0.39, 0.29) is 18.6 Å². The van der Waals surface area contributed by atoms with Crippen molar-refractivity contribution in [2.75, 3.05) is 11.9 Å². The number of ether oxygens (including phenoxy) is 1. The van der Waals surface area contributed by atoms with E-state index in [1.807, 2.05) is 61.5 Å². The number of hydrogen-bond donors (Lipinski definition) is 3. The molecule has 0 heterocycles. The van der Waals surface area contributed by atoms with E-state index >= 15 is 0 Å². The molecule has 3 aromatic carbocycles. The highest BCUT2D eigenvalue weighted by molar-refractivity contribution is 9.10. The number of halogens is 1. The molecule has 0 aliphatic carbocycles. The lowest BCUT2D eigenvalue weighted by atomic mass is 10.1. The number of nitrogens with zero attached hydrogens (tertiary/aromatic N) is 1. The predicted molar refractivity (Wildman–Crippen MR) is 138 cm³/mol. The Bertz CT molecular complexity index is 1230. The fourth-order valence-electron chi connectivity index (χ4n) is 3.09. The number of para-hydroxylation sites is 1. The summed E-state index contributed by atoms with van der Waals surface area (Å²) in [5, 5.41) is 9.29. The maximum Gasteiger partial charge on any atom is 0.329 e. The lowest BCUT2D eigenvalue weighted by Gasteiger charge is -2.13. The van der Waals surface area contributed by atoms with Gasteiger partial charge in [-0.2, -0.15) is 5.10 Å². The van der Waals surface area contributed by atoms with Gasteiger partial charge in [0.05, 0.1) is 12.3 Å². The van der Waals surface area contributed by atoms with Crippen LogP contribution in [0.5, 0.6) is 5.75 Å². The Balaban J connectivity index is 1.56. The number of benzene rings is 3. The molecule has 8 nitrogen and oxygen atoms in total. The molecule has 1 atom stereocenters. The van der Waals surface area contributed by atoms with Crippen LogP contribution in [0.15, 0.2) is 82.4 Å². The van der Waals surface area contributed by atoms with Crippen molar-refractivity contribution in [3.63, 3.8) is 0 Å². The van der Waals surface area contributed by atoms with Gasteiger partial charge in [-0.1, -0.05) is 64.5 Å². The van der Waals surface area contributed by atoms with Gasteiger partial charge in [-0.3, -0.25) is 14.4 Å². The molecule has 0 aliphatic rings. The third-order valence-electron chi connectivity index (χ3n) is 4.97. The minimum Gasteiger partial charge on any atom is -0.483 e. The van der Waals surface area contributed by atoms with E-state index in [9.17, 15) is 14.4 Å². The van der Waals surface area contributed by atoms with Gasteiger partial charge >= 0.3 is 11.8 Å². The van der Waals surface area contributed by atoms with Crippen LogP contribution in [-0.2, 0) is 14.4 Å². The first-order valence-corrected chi connectivity index (χ1v) is 11.6. The molecule has 3 aromatic rings. The fraction of sp³-hybridized carbons (Fsp3) is 0.154. The quantitative estimate of drug-likeness (QED) is 0.228. The van der Waals surface area contributed by atoms with Crippen molar-refractivity contribution in [2.24, 2.45) is 5.10 Å². The summed E-state index contributed by atoms with van der Waals surface area (Å²) < 4.78 is 6.40. The van der Waals surface area contributed by atoms with Crippen LogP contribution in [-0.4, -0.2) is 30.5 Å². The van der Waals surface area contributed by atoms with Crippen molar-refractivity contribution in [3.05, 3.63) is 94.0 Å². The van der Waals surface area contributed by atoms with Gasteiger partial charge in [0.2, 0.25) is 0 Å². The maximum absolute atomic E-state index is 12.3. The predicted octanol–water partition coefficient (Wildman–Crippen LogP) is 4.10. The van der Waals surface area contributed by atoms with E-state index in [2.05, 4.69) is 37.1 Å². The van der Waals surface area contributed by atoms with Gasteiger partial charge in [-0.05, 0) is 49.2 Å². The van der Waals surface area contributed by atoms with Crippen LogP contribution in [0.1, 0.15) is 29.7 Å². The molecule has 0 fully saturated rings. The topological polar surface area (TPSA) is 109 Å². The van der Waals surface area contributed by atoms with E-state index in [0.29, 0.717) is 17.0 Å². The molecule has 0 radical (unpaired) electrons. The van der Waals surface area contributed by atoms with Gasteiger partial charge in [0.1, 0.15) is 5.75 Å². The first-order chi connectivity index (χ1) is 16.8. The Morgan fingerprint density at radius 3 is 2.46 bits per heavy atom. The molecule has 0 saturated heterocycles. The summed E-state index contributed by atoms with van der Waals surface area (Å²) in [4.78, 5) is 36.6. The van der Waals surface area contributed by atoms with Crippen molar-refractivity contribution in [1.82, 2.24) is 10.7 Å². The highest BCUT2D eigenvalue weighted by Crippen LogP contribution is 2.22. The summed E-state index contributed by atoms with van der Waals surface area (Å²) in [5.41, 5.74) is 5.23. The number of hydrogen-bond acceptors (Lipinski definition) is 5. The summed E-state index contributed by atoms with van der Waals surface area (Å²) in [6.07, 6.45) is 1.34. The molecule has 0 unspecified atom stereocenters. The second-order valence-electron chi connectivity index (χ2n) is 7.64. The monoisotopic (exact) mass is 536 g/mol. The average molecular weight is 537 g/mol. The van der Waals surface area contributed by atoms with Crippen LogP contribution in [0.3, 0.4) is 0 Å². The van der Waals surface area contributed by atoms with Gasteiger partial charge in [-0.15, -0.1) is 0 Å². The second kappa shape index (κ2) is 12.5. The van der Waals surface area contributed by atoms with Crippen LogP contribution < -0.4 is 20.8 Å². The SMILES string of the molecule is Cc1ccccc1NC(=O)COc1ccc(Br)cc1/C=N\NC(=O)C(=O)N[C@H](C)c1ccccc1. The summed E-state index contributed by atoms with van der Waals surface area (Å²) in [5.74, 6) is -1.65. The molecule has 0 spiro atoms. The Labute approximate surface area is 211 Å². The van der Waals surface area contributed by atoms with Gasteiger partial charge in [0.15, 0.2) is 6.61 Å². The van der Waals surface area contributed by atoms with Crippen LogP contribution in [0.2, 0.25) is 0 Å². The van der Waals surface area contributed by atoms with Crippen molar-refractivity contribution in [1.29, 1.82) is 0 Å². The zero-order chi connectivity index (χ0) is 25.2. The number of aryl methyl sites for hydroxylation is 1. The number of rotatable bonds is 8. The molecule has 180 valence electrons. The van der Waals surface area contributed by atoms with Gasteiger partial charge in [0, 0.05) is 15.7 Å². The number of amides is 3. The highest BCUT2D eigenvalue weighted by atomic mass is 79.9. The van der Waals surface area contributed by atoms with Crippen molar-refractivity contribution in [2.45, 2.75) is 19.9 Å². The van der Waals surface area contributed by atoms with Crippen molar-refractivity contribution in [3.8, 4) is 5.75 Å². The van der Waals surface area contributed by atoms with Gasteiger partial charge in [0.25, 0.3) is 5.91 Å².